The maximum Gasteiger partial charge on any atom is 0.214 e. The number of aliphatic hydroxyl groups excluding tert-OH is 1. The van der Waals surface area contributed by atoms with E-state index in [1.165, 1.54) is 17.3 Å². The van der Waals surface area contributed by atoms with Gasteiger partial charge in [-0.3, -0.25) is 0 Å². The van der Waals surface area contributed by atoms with E-state index in [4.69, 9.17) is 4.74 Å². The van der Waals surface area contributed by atoms with E-state index in [1.54, 1.807) is 4.68 Å². The number of hydrogen-bond donors (Lipinski definition) is 1. The van der Waals surface area contributed by atoms with E-state index in [1.807, 2.05) is 43.3 Å². The van der Waals surface area contributed by atoms with E-state index in [-0.39, 0.29) is 12.0 Å². The number of benzene rings is 2. The molecule has 0 aliphatic rings. The van der Waals surface area contributed by atoms with E-state index in [2.05, 4.69) is 48.4 Å². The van der Waals surface area contributed by atoms with Crippen molar-refractivity contribution >= 4 is 11.8 Å². The van der Waals surface area contributed by atoms with Crippen molar-refractivity contribution in [2.75, 3.05) is 12.4 Å². The SMILES string of the molecule is Cc1ccccc1-n1nnnc1SC[C@H](O)COc1ccc(C(C)(C)C)cc1. The summed E-state index contributed by atoms with van der Waals surface area (Å²) < 4.78 is 7.41. The molecule has 28 heavy (non-hydrogen) atoms. The molecule has 0 aliphatic heterocycles. The number of aliphatic hydroxyl groups is 1. The molecule has 0 spiro atoms. The van der Waals surface area contributed by atoms with Gasteiger partial charge >= 0.3 is 0 Å². The number of hydrogen-bond acceptors (Lipinski definition) is 6. The van der Waals surface area contributed by atoms with Crippen LogP contribution in [0.5, 0.6) is 5.75 Å². The Morgan fingerprint density at radius 2 is 1.82 bits per heavy atom. The molecule has 1 N–H and O–H groups in total. The van der Waals surface area contributed by atoms with Crippen molar-refractivity contribution in [3.05, 3.63) is 59.7 Å². The fourth-order valence-corrected chi connectivity index (χ4v) is 3.47. The highest BCUT2D eigenvalue weighted by Crippen LogP contribution is 2.25. The average molecular weight is 399 g/mol. The Balaban J connectivity index is 1.54. The summed E-state index contributed by atoms with van der Waals surface area (Å²) in [6, 6.07) is 15.9. The molecule has 1 aromatic heterocycles. The van der Waals surface area contributed by atoms with Crippen LogP contribution in [0.4, 0.5) is 0 Å². The zero-order chi connectivity index (χ0) is 20.1. The van der Waals surface area contributed by atoms with E-state index in [9.17, 15) is 5.11 Å². The molecule has 1 atom stereocenters. The predicted octanol–water partition coefficient (Wildman–Crippen LogP) is 3.80. The molecule has 0 bridgehead atoms. The Kier molecular flexibility index (Phi) is 6.36. The standard InChI is InChI=1S/C21H26N4O2S/c1-15-7-5-6-8-19(15)25-20(22-23-24-25)28-14-17(26)13-27-18-11-9-16(10-12-18)21(2,3)4/h5-12,17,26H,13-14H2,1-4H3/t17-/m1/s1. The Bertz CT molecular complexity index is 903. The van der Waals surface area contributed by atoms with Crippen molar-refractivity contribution < 1.29 is 9.84 Å². The van der Waals surface area contributed by atoms with Gasteiger partial charge in [0.15, 0.2) is 0 Å². The van der Waals surface area contributed by atoms with Gasteiger partial charge in [0.1, 0.15) is 12.4 Å². The second-order valence-corrected chi connectivity index (χ2v) is 8.70. The van der Waals surface area contributed by atoms with Gasteiger partial charge in [-0.25, -0.2) is 0 Å². The van der Waals surface area contributed by atoms with Gasteiger partial charge in [0.25, 0.3) is 0 Å². The van der Waals surface area contributed by atoms with Crippen molar-refractivity contribution in [1.29, 1.82) is 0 Å². The molecule has 3 aromatic rings. The summed E-state index contributed by atoms with van der Waals surface area (Å²) >= 11 is 1.40. The van der Waals surface area contributed by atoms with Crippen LogP contribution in [0.1, 0.15) is 31.9 Å². The highest BCUT2D eigenvalue weighted by Gasteiger charge is 2.15. The lowest BCUT2D eigenvalue weighted by atomic mass is 9.87. The van der Waals surface area contributed by atoms with Crippen LogP contribution in [0.25, 0.3) is 5.69 Å². The Morgan fingerprint density at radius 1 is 1.11 bits per heavy atom. The molecular formula is C21H26N4O2S. The van der Waals surface area contributed by atoms with Gasteiger partial charge in [-0.05, 0) is 52.1 Å². The summed E-state index contributed by atoms with van der Waals surface area (Å²) in [6.07, 6.45) is -0.630. The molecule has 0 radical (unpaired) electrons. The molecule has 0 aliphatic carbocycles. The number of thioether (sulfide) groups is 1. The minimum absolute atomic E-state index is 0.107. The van der Waals surface area contributed by atoms with Gasteiger partial charge in [-0.2, -0.15) is 4.68 Å². The van der Waals surface area contributed by atoms with Crippen molar-refractivity contribution in [2.45, 2.75) is 44.4 Å². The zero-order valence-electron chi connectivity index (χ0n) is 16.7. The first kappa shape index (κ1) is 20.4. The number of ether oxygens (including phenoxy) is 1. The normalized spacial score (nSPS) is 12.8. The average Bonchev–Trinajstić information content (AvgIpc) is 3.13. The highest BCUT2D eigenvalue weighted by atomic mass is 32.2. The van der Waals surface area contributed by atoms with Gasteiger partial charge in [0, 0.05) is 5.75 Å². The Labute approximate surface area is 169 Å². The number of tetrazole rings is 1. The monoisotopic (exact) mass is 398 g/mol. The molecule has 148 valence electrons. The molecule has 6 nitrogen and oxygen atoms in total. The van der Waals surface area contributed by atoms with Gasteiger partial charge in [0.05, 0.1) is 11.8 Å². The summed E-state index contributed by atoms with van der Waals surface area (Å²) in [6.45, 7) is 8.75. The van der Waals surface area contributed by atoms with E-state index >= 15 is 0 Å². The summed E-state index contributed by atoms with van der Waals surface area (Å²) in [7, 11) is 0. The third-order valence-electron chi connectivity index (χ3n) is 4.35. The first-order valence-corrected chi connectivity index (χ1v) is 10.2. The Hall–Kier alpha value is -2.38. The predicted molar refractivity (Wildman–Crippen MR) is 111 cm³/mol. The number of para-hydroxylation sites is 1. The van der Waals surface area contributed by atoms with Crippen LogP contribution >= 0.6 is 11.8 Å². The second kappa shape index (κ2) is 8.75. The molecule has 0 unspecified atom stereocenters. The quantitative estimate of drug-likeness (QED) is 0.610. The zero-order valence-corrected chi connectivity index (χ0v) is 17.5. The van der Waals surface area contributed by atoms with Crippen molar-refractivity contribution in [3.8, 4) is 11.4 Å². The summed E-state index contributed by atoms with van der Waals surface area (Å²) in [5.74, 6) is 1.19. The van der Waals surface area contributed by atoms with Crippen molar-refractivity contribution in [1.82, 2.24) is 20.2 Å². The van der Waals surface area contributed by atoms with Crippen LogP contribution in [-0.2, 0) is 5.41 Å². The fraction of sp³-hybridized carbons (Fsp3) is 0.381. The molecule has 7 heteroatoms. The first-order chi connectivity index (χ1) is 13.3. The topological polar surface area (TPSA) is 73.1 Å². The van der Waals surface area contributed by atoms with Crippen LogP contribution < -0.4 is 4.74 Å². The van der Waals surface area contributed by atoms with Gasteiger partial charge in [-0.15, -0.1) is 5.10 Å². The number of rotatable bonds is 7. The summed E-state index contributed by atoms with van der Waals surface area (Å²) in [5, 5.41) is 22.8. The molecule has 3 rings (SSSR count). The molecule has 0 saturated heterocycles. The summed E-state index contributed by atoms with van der Waals surface area (Å²) in [4.78, 5) is 0. The third-order valence-corrected chi connectivity index (χ3v) is 5.42. The number of nitrogens with zero attached hydrogens (tertiary/aromatic N) is 4. The number of aryl methyl sites for hydroxylation is 1. The van der Waals surface area contributed by atoms with Gasteiger partial charge < -0.3 is 9.84 Å². The van der Waals surface area contributed by atoms with Crippen LogP contribution in [0.3, 0.4) is 0 Å². The lowest BCUT2D eigenvalue weighted by molar-refractivity contribution is 0.126. The van der Waals surface area contributed by atoms with Crippen LogP contribution in [-0.4, -0.2) is 43.8 Å². The Morgan fingerprint density at radius 3 is 2.50 bits per heavy atom. The molecule has 2 aromatic carbocycles. The van der Waals surface area contributed by atoms with Crippen molar-refractivity contribution in [3.63, 3.8) is 0 Å². The van der Waals surface area contributed by atoms with Gasteiger partial charge in [-0.1, -0.05) is 62.9 Å². The van der Waals surface area contributed by atoms with E-state index in [0.717, 1.165) is 17.0 Å². The fourth-order valence-electron chi connectivity index (χ4n) is 2.68. The largest absolute Gasteiger partial charge is 0.491 e. The number of aromatic nitrogens is 4. The lowest BCUT2D eigenvalue weighted by Crippen LogP contribution is -2.20. The second-order valence-electron chi connectivity index (χ2n) is 7.71. The van der Waals surface area contributed by atoms with E-state index in [0.29, 0.717) is 10.9 Å². The smallest absolute Gasteiger partial charge is 0.214 e. The van der Waals surface area contributed by atoms with Crippen LogP contribution in [0, 0.1) is 6.92 Å². The highest BCUT2D eigenvalue weighted by molar-refractivity contribution is 7.99. The van der Waals surface area contributed by atoms with Gasteiger partial charge in [0.2, 0.25) is 5.16 Å². The maximum absolute atomic E-state index is 10.3. The molecular weight excluding hydrogens is 372 g/mol. The van der Waals surface area contributed by atoms with Crippen LogP contribution in [0.2, 0.25) is 0 Å². The minimum atomic E-state index is -0.630. The molecule has 1 heterocycles. The third kappa shape index (κ3) is 5.11. The van der Waals surface area contributed by atoms with Crippen molar-refractivity contribution in [2.24, 2.45) is 0 Å². The lowest BCUT2D eigenvalue weighted by Gasteiger charge is -2.19. The maximum atomic E-state index is 10.3. The van der Waals surface area contributed by atoms with Crippen LogP contribution in [0.15, 0.2) is 53.7 Å². The van der Waals surface area contributed by atoms with E-state index < -0.39 is 6.10 Å². The molecule has 0 fully saturated rings. The molecule has 0 saturated carbocycles. The first-order valence-electron chi connectivity index (χ1n) is 9.23. The molecule has 0 amide bonds. The minimum Gasteiger partial charge on any atom is -0.491 e. The summed E-state index contributed by atoms with van der Waals surface area (Å²) in [5.41, 5.74) is 3.37.